The highest BCUT2D eigenvalue weighted by molar-refractivity contribution is 9.10. The van der Waals surface area contributed by atoms with Crippen LogP contribution in [0.1, 0.15) is 17.2 Å². The van der Waals surface area contributed by atoms with Gasteiger partial charge in [0.25, 0.3) is 0 Å². The van der Waals surface area contributed by atoms with E-state index < -0.39 is 0 Å². The van der Waals surface area contributed by atoms with Gasteiger partial charge in [0.15, 0.2) is 0 Å². The lowest BCUT2D eigenvalue weighted by Crippen LogP contribution is -2.29. The van der Waals surface area contributed by atoms with Crippen LogP contribution >= 0.6 is 27.5 Å². The minimum atomic E-state index is -0.159. The van der Waals surface area contributed by atoms with Gasteiger partial charge in [-0.05, 0) is 40.8 Å². The van der Waals surface area contributed by atoms with E-state index in [4.69, 9.17) is 17.4 Å². The van der Waals surface area contributed by atoms with Gasteiger partial charge in [-0.1, -0.05) is 45.7 Å². The quantitative estimate of drug-likeness (QED) is 0.542. The standard InChI is InChI=1S/C16H13BrClN3/c17-12-6-11(7-13(18)8-12)16(21-19)14-3-1-2-10-4-5-20-9-15(10)14/h1-9,16,21H,19H2. The van der Waals surface area contributed by atoms with E-state index in [-0.39, 0.29) is 6.04 Å². The minimum Gasteiger partial charge on any atom is -0.271 e. The summed E-state index contributed by atoms with van der Waals surface area (Å²) in [6, 6.07) is 13.7. The summed E-state index contributed by atoms with van der Waals surface area (Å²) in [5.41, 5.74) is 4.93. The molecule has 0 aliphatic carbocycles. The van der Waals surface area contributed by atoms with E-state index in [0.717, 1.165) is 26.4 Å². The average Bonchev–Trinajstić information content (AvgIpc) is 2.47. The molecule has 21 heavy (non-hydrogen) atoms. The molecule has 1 unspecified atom stereocenters. The van der Waals surface area contributed by atoms with E-state index in [1.54, 1.807) is 6.20 Å². The number of halogens is 2. The molecule has 0 saturated heterocycles. The second-order valence-corrected chi connectivity index (χ2v) is 6.10. The molecule has 0 bridgehead atoms. The van der Waals surface area contributed by atoms with E-state index in [1.807, 2.05) is 42.6 Å². The normalized spacial score (nSPS) is 12.5. The fraction of sp³-hybridized carbons (Fsp3) is 0.0625. The molecule has 2 aromatic carbocycles. The predicted octanol–water partition coefficient (Wildman–Crippen LogP) is 4.20. The summed E-state index contributed by atoms with van der Waals surface area (Å²) >= 11 is 9.61. The molecule has 3 aromatic rings. The van der Waals surface area contributed by atoms with Gasteiger partial charge in [-0.3, -0.25) is 10.8 Å². The number of hydrazine groups is 1. The van der Waals surface area contributed by atoms with Crippen LogP contribution in [0, 0.1) is 0 Å². The van der Waals surface area contributed by atoms with E-state index in [1.165, 1.54) is 0 Å². The van der Waals surface area contributed by atoms with E-state index >= 15 is 0 Å². The topological polar surface area (TPSA) is 50.9 Å². The Labute approximate surface area is 136 Å². The maximum Gasteiger partial charge on any atom is 0.0717 e. The number of aromatic nitrogens is 1. The Morgan fingerprint density at radius 2 is 2.05 bits per heavy atom. The summed E-state index contributed by atoms with van der Waals surface area (Å²) in [7, 11) is 0. The van der Waals surface area contributed by atoms with Gasteiger partial charge < -0.3 is 0 Å². The van der Waals surface area contributed by atoms with Crippen LogP contribution in [0.5, 0.6) is 0 Å². The molecule has 0 spiro atoms. The van der Waals surface area contributed by atoms with Crippen molar-refractivity contribution in [1.29, 1.82) is 0 Å². The van der Waals surface area contributed by atoms with Crippen LogP contribution in [0.3, 0.4) is 0 Å². The molecule has 5 heteroatoms. The van der Waals surface area contributed by atoms with Crippen LogP contribution in [0.15, 0.2) is 59.3 Å². The van der Waals surface area contributed by atoms with Gasteiger partial charge in [-0.2, -0.15) is 0 Å². The van der Waals surface area contributed by atoms with E-state index in [9.17, 15) is 0 Å². The second-order valence-electron chi connectivity index (χ2n) is 4.75. The highest BCUT2D eigenvalue weighted by atomic mass is 79.9. The van der Waals surface area contributed by atoms with Crippen molar-refractivity contribution in [1.82, 2.24) is 10.4 Å². The molecule has 1 atom stereocenters. The van der Waals surface area contributed by atoms with Crippen molar-refractivity contribution in [3.8, 4) is 0 Å². The van der Waals surface area contributed by atoms with Crippen molar-refractivity contribution in [2.24, 2.45) is 5.84 Å². The Kier molecular flexibility index (Phi) is 4.22. The molecule has 0 aliphatic heterocycles. The molecule has 3 nitrogen and oxygen atoms in total. The average molecular weight is 363 g/mol. The fourth-order valence-electron chi connectivity index (χ4n) is 2.50. The lowest BCUT2D eigenvalue weighted by Gasteiger charge is -2.19. The van der Waals surface area contributed by atoms with Gasteiger partial charge in [0.2, 0.25) is 0 Å². The summed E-state index contributed by atoms with van der Waals surface area (Å²) in [6.07, 6.45) is 3.64. The zero-order chi connectivity index (χ0) is 14.8. The molecule has 3 N–H and O–H groups in total. The Balaban J connectivity index is 2.18. The number of benzene rings is 2. The number of hydrogen-bond donors (Lipinski definition) is 2. The second kappa shape index (κ2) is 6.12. The van der Waals surface area contributed by atoms with Gasteiger partial charge in [-0.15, -0.1) is 0 Å². The lowest BCUT2D eigenvalue weighted by molar-refractivity contribution is 0.640. The summed E-state index contributed by atoms with van der Waals surface area (Å²) in [6.45, 7) is 0. The van der Waals surface area contributed by atoms with Gasteiger partial charge in [0, 0.05) is 27.3 Å². The van der Waals surface area contributed by atoms with E-state index in [0.29, 0.717) is 5.02 Å². The number of fused-ring (bicyclic) bond motifs is 1. The zero-order valence-electron chi connectivity index (χ0n) is 11.1. The van der Waals surface area contributed by atoms with Crippen LogP contribution in [0.4, 0.5) is 0 Å². The van der Waals surface area contributed by atoms with Gasteiger partial charge in [0.1, 0.15) is 0 Å². The van der Waals surface area contributed by atoms with Gasteiger partial charge >= 0.3 is 0 Å². The van der Waals surface area contributed by atoms with Crippen LogP contribution < -0.4 is 11.3 Å². The molecule has 0 saturated carbocycles. The van der Waals surface area contributed by atoms with Crippen molar-refractivity contribution < 1.29 is 0 Å². The lowest BCUT2D eigenvalue weighted by atomic mass is 9.95. The smallest absolute Gasteiger partial charge is 0.0717 e. The van der Waals surface area contributed by atoms with Gasteiger partial charge in [-0.25, -0.2) is 5.43 Å². The number of rotatable bonds is 3. The predicted molar refractivity (Wildman–Crippen MR) is 90.1 cm³/mol. The van der Waals surface area contributed by atoms with Crippen molar-refractivity contribution in [3.63, 3.8) is 0 Å². The molecule has 1 aromatic heterocycles. The third kappa shape index (κ3) is 2.94. The summed E-state index contributed by atoms with van der Waals surface area (Å²) in [5.74, 6) is 5.80. The van der Waals surface area contributed by atoms with Crippen molar-refractivity contribution in [2.45, 2.75) is 6.04 Å². The molecular formula is C16H13BrClN3. The number of nitrogens with two attached hydrogens (primary N) is 1. The largest absolute Gasteiger partial charge is 0.271 e. The minimum absolute atomic E-state index is 0.159. The number of pyridine rings is 1. The molecule has 3 rings (SSSR count). The van der Waals surface area contributed by atoms with Crippen LogP contribution in [-0.4, -0.2) is 4.98 Å². The number of nitrogens with zero attached hydrogens (tertiary/aromatic N) is 1. The first-order valence-electron chi connectivity index (χ1n) is 6.44. The first-order chi connectivity index (χ1) is 10.2. The van der Waals surface area contributed by atoms with Crippen molar-refractivity contribution >= 4 is 38.3 Å². The summed E-state index contributed by atoms with van der Waals surface area (Å²) < 4.78 is 0.920. The van der Waals surface area contributed by atoms with Crippen molar-refractivity contribution in [2.75, 3.05) is 0 Å². The fourth-order valence-corrected chi connectivity index (χ4v) is 3.38. The highest BCUT2D eigenvalue weighted by Gasteiger charge is 2.16. The molecule has 1 heterocycles. The Hall–Kier alpha value is -1.46. The third-order valence-corrected chi connectivity index (χ3v) is 4.09. The molecule has 106 valence electrons. The maximum absolute atomic E-state index is 6.15. The monoisotopic (exact) mass is 361 g/mol. The number of hydrogen-bond acceptors (Lipinski definition) is 3. The third-order valence-electron chi connectivity index (χ3n) is 3.41. The Bertz CT molecular complexity index is 766. The molecular weight excluding hydrogens is 350 g/mol. The first kappa shape index (κ1) is 14.5. The van der Waals surface area contributed by atoms with Crippen molar-refractivity contribution in [3.05, 3.63) is 75.5 Å². The Morgan fingerprint density at radius 3 is 2.81 bits per heavy atom. The maximum atomic E-state index is 6.15. The molecule has 0 radical (unpaired) electrons. The van der Waals surface area contributed by atoms with Gasteiger partial charge in [0.05, 0.1) is 6.04 Å². The molecule has 0 fully saturated rings. The molecule has 0 aliphatic rings. The first-order valence-corrected chi connectivity index (χ1v) is 7.61. The van der Waals surface area contributed by atoms with E-state index in [2.05, 4.69) is 32.4 Å². The summed E-state index contributed by atoms with van der Waals surface area (Å²) in [5, 5.41) is 2.86. The van der Waals surface area contributed by atoms with Crippen LogP contribution in [0.2, 0.25) is 5.02 Å². The van der Waals surface area contributed by atoms with Crippen LogP contribution in [-0.2, 0) is 0 Å². The Morgan fingerprint density at radius 1 is 1.19 bits per heavy atom. The van der Waals surface area contributed by atoms with Crippen LogP contribution in [0.25, 0.3) is 10.8 Å². The SMILES string of the molecule is NNC(c1cc(Cl)cc(Br)c1)c1cccc2ccncc12. The molecule has 0 amide bonds. The number of nitrogens with one attached hydrogen (secondary N) is 1. The zero-order valence-corrected chi connectivity index (χ0v) is 13.4. The summed E-state index contributed by atoms with van der Waals surface area (Å²) in [4.78, 5) is 4.22. The highest BCUT2D eigenvalue weighted by Crippen LogP contribution is 2.31.